The number of allylic oxidation sites excluding steroid dienone is 1. The molecule has 152 valence electrons. The normalized spacial score (nSPS) is 11.2. The van der Waals surface area contributed by atoms with E-state index in [1.165, 1.54) is 0 Å². The molecule has 7 nitrogen and oxygen atoms in total. The zero-order valence-electron chi connectivity index (χ0n) is 17.2. The first-order valence-electron chi connectivity index (χ1n) is 9.36. The molecule has 0 saturated heterocycles. The van der Waals surface area contributed by atoms with E-state index in [9.17, 15) is 9.59 Å². The van der Waals surface area contributed by atoms with Gasteiger partial charge in [-0.1, -0.05) is 12.1 Å². The van der Waals surface area contributed by atoms with Crippen molar-refractivity contribution in [1.29, 1.82) is 0 Å². The molecule has 0 atom stereocenters. The predicted molar refractivity (Wildman–Crippen MR) is 116 cm³/mol. The summed E-state index contributed by atoms with van der Waals surface area (Å²) in [6.07, 6.45) is 6.28. The van der Waals surface area contributed by atoms with Gasteiger partial charge < -0.3 is 20.5 Å². The van der Waals surface area contributed by atoms with E-state index in [1.54, 1.807) is 19.3 Å². The van der Waals surface area contributed by atoms with Crippen molar-refractivity contribution in [1.82, 2.24) is 20.5 Å². The van der Waals surface area contributed by atoms with Crippen LogP contribution in [0.3, 0.4) is 0 Å². The molecule has 0 saturated carbocycles. The number of benzene rings is 1. The van der Waals surface area contributed by atoms with Crippen LogP contribution in [0, 0.1) is 0 Å². The highest BCUT2D eigenvalue weighted by Gasteiger charge is 2.08. The molecular weight excluding hydrogens is 354 g/mol. The standard InChI is InChI=1S/C14H16N2O2.C7H15N3/c1-15-5-2-6-16-13(10-18)8-12-4-3-11(9-17)7-14(12)16;1-4-10-6-7(9-3)5-8-2/h3-4,7-10,15H,2,5-6H2,1H3;5-6,9-10H,4H2,1-3H3/b;7-6+,8-5?. The van der Waals surface area contributed by atoms with Crippen molar-refractivity contribution in [2.24, 2.45) is 4.99 Å². The van der Waals surface area contributed by atoms with Crippen LogP contribution in [-0.2, 0) is 6.54 Å². The number of aldehydes is 2. The van der Waals surface area contributed by atoms with Crippen molar-refractivity contribution in [3.8, 4) is 0 Å². The Labute approximate surface area is 166 Å². The summed E-state index contributed by atoms with van der Waals surface area (Å²) in [6, 6.07) is 7.33. The molecule has 0 radical (unpaired) electrons. The van der Waals surface area contributed by atoms with Gasteiger partial charge in [-0.05, 0) is 39.1 Å². The lowest BCUT2D eigenvalue weighted by Gasteiger charge is -2.07. The van der Waals surface area contributed by atoms with Gasteiger partial charge in [0.05, 0.1) is 11.4 Å². The van der Waals surface area contributed by atoms with Crippen LogP contribution in [0.25, 0.3) is 10.9 Å². The fourth-order valence-electron chi connectivity index (χ4n) is 2.65. The third kappa shape index (κ3) is 7.00. The van der Waals surface area contributed by atoms with Gasteiger partial charge in [-0.25, -0.2) is 0 Å². The first-order valence-corrected chi connectivity index (χ1v) is 9.36. The Morgan fingerprint density at radius 2 is 1.96 bits per heavy atom. The zero-order chi connectivity index (χ0) is 20.8. The summed E-state index contributed by atoms with van der Waals surface area (Å²) < 4.78 is 1.96. The van der Waals surface area contributed by atoms with Gasteiger partial charge in [0.2, 0.25) is 0 Å². The van der Waals surface area contributed by atoms with Crippen molar-refractivity contribution in [2.75, 3.05) is 34.2 Å². The van der Waals surface area contributed by atoms with Gasteiger partial charge in [0, 0.05) is 56.1 Å². The largest absolute Gasteiger partial charge is 0.389 e. The minimum Gasteiger partial charge on any atom is -0.389 e. The average Bonchev–Trinajstić information content (AvgIpc) is 3.08. The van der Waals surface area contributed by atoms with Crippen LogP contribution in [0.15, 0.2) is 41.2 Å². The molecule has 0 spiro atoms. The number of carbonyl (C=O) groups excluding carboxylic acids is 2. The number of hydrogen-bond donors (Lipinski definition) is 3. The van der Waals surface area contributed by atoms with E-state index in [1.807, 2.05) is 50.0 Å². The number of rotatable bonds is 10. The molecule has 0 aliphatic heterocycles. The summed E-state index contributed by atoms with van der Waals surface area (Å²) in [6.45, 7) is 4.64. The van der Waals surface area contributed by atoms with E-state index in [-0.39, 0.29) is 0 Å². The third-order valence-electron chi connectivity index (χ3n) is 4.04. The van der Waals surface area contributed by atoms with E-state index >= 15 is 0 Å². The fourth-order valence-corrected chi connectivity index (χ4v) is 2.65. The summed E-state index contributed by atoms with van der Waals surface area (Å²) in [5.74, 6) is 0. The summed E-state index contributed by atoms with van der Waals surface area (Å²) in [7, 11) is 5.51. The second-order valence-electron chi connectivity index (χ2n) is 6.03. The smallest absolute Gasteiger partial charge is 0.166 e. The number of aromatic nitrogens is 1. The summed E-state index contributed by atoms with van der Waals surface area (Å²) in [5.41, 5.74) is 3.22. The van der Waals surface area contributed by atoms with E-state index in [2.05, 4.69) is 20.9 Å². The number of fused-ring (bicyclic) bond motifs is 1. The van der Waals surface area contributed by atoms with Crippen molar-refractivity contribution in [3.63, 3.8) is 0 Å². The molecular formula is C21H31N5O2. The molecule has 2 aromatic rings. The second kappa shape index (κ2) is 13.3. The molecule has 0 fully saturated rings. The molecule has 0 amide bonds. The Hall–Kier alpha value is -2.93. The van der Waals surface area contributed by atoms with E-state index in [4.69, 9.17) is 0 Å². The first kappa shape index (κ1) is 23.1. The van der Waals surface area contributed by atoms with Crippen molar-refractivity contribution in [2.45, 2.75) is 19.9 Å². The second-order valence-corrected chi connectivity index (χ2v) is 6.03. The molecule has 1 aromatic heterocycles. The SMILES string of the molecule is CCN/C=C(\C=NC)NC.CNCCCn1c(C=O)cc2ccc(C=O)cc21. The summed E-state index contributed by atoms with van der Waals surface area (Å²) >= 11 is 0. The van der Waals surface area contributed by atoms with Gasteiger partial charge in [0.1, 0.15) is 6.29 Å². The predicted octanol–water partition coefficient (Wildman–Crippen LogP) is 2.23. The van der Waals surface area contributed by atoms with Gasteiger partial charge in [0.25, 0.3) is 0 Å². The molecule has 0 unspecified atom stereocenters. The zero-order valence-corrected chi connectivity index (χ0v) is 17.2. The van der Waals surface area contributed by atoms with Crippen LogP contribution in [0.1, 0.15) is 34.2 Å². The Kier molecular flexibility index (Phi) is 11.0. The Morgan fingerprint density at radius 3 is 2.54 bits per heavy atom. The van der Waals surface area contributed by atoms with E-state index < -0.39 is 0 Å². The third-order valence-corrected chi connectivity index (χ3v) is 4.04. The number of carbonyl (C=O) groups is 2. The van der Waals surface area contributed by atoms with Gasteiger partial charge in [-0.3, -0.25) is 14.6 Å². The Bertz CT molecular complexity index is 808. The number of aryl methyl sites for hydroxylation is 1. The molecule has 2 rings (SSSR count). The lowest BCUT2D eigenvalue weighted by molar-refractivity contribution is 0.111. The summed E-state index contributed by atoms with van der Waals surface area (Å²) in [4.78, 5) is 25.8. The average molecular weight is 386 g/mol. The van der Waals surface area contributed by atoms with Crippen molar-refractivity contribution < 1.29 is 9.59 Å². The van der Waals surface area contributed by atoms with Gasteiger partial charge in [-0.15, -0.1) is 0 Å². The van der Waals surface area contributed by atoms with Crippen molar-refractivity contribution >= 4 is 29.7 Å². The molecule has 1 heterocycles. The number of nitrogens with one attached hydrogen (secondary N) is 3. The van der Waals surface area contributed by atoms with Gasteiger partial charge >= 0.3 is 0 Å². The fraction of sp³-hybridized carbons (Fsp3) is 0.381. The number of hydrogen-bond acceptors (Lipinski definition) is 6. The van der Waals surface area contributed by atoms with Crippen molar-refractivity contribution in [3.05, 3.63) is 47.4 Å². The Balaban J connectivity index is 0.000000336. The van der Waals surface area contributed by atoms with Crippen LogP contribution in [0.5, 0.6) is 0 Å². The molecule has 7 heteroatoms. The summed E-state index contributed by atoms with van der Waals surface area (Å²) in [5, 5.41) is 10.1. The van der Waals surface area contributed by atoms with E-state index in [0.717, 1.165) is 55.2 Å². The monoisotopic (exact) mass is 385 g/mol. The van der Waals surface area contributed by atoms with Crippen LogP contribution >= 0.6 is 0 Å². The maximum atomic E-state index is 11.1. The molecule has 0 aliphatic carbocycles. The highest BCUT2D eigenvalue weighted by molar-refractivity contribution is 5.92. The maximum Gasteiger partial charge on any atom is 0.166 e. The first-order chi connectivity index (χ1) is 13.6. The minimum atomic E-state index is 0.632. The van der Waals surface area contributed by atoms with Gasteiger partial charge in [0.15, 0.2) is 6.29 Å². The van der Waals surface area contributed by atoms with E-state index in [0.29, 0.717) is 11.3 Å². The highest BCUT2D eigenvalue weighted by atomic mass is 16.1. The molecule has 0 aliphatic rings. The van der Waals surface area contributed by atoms with Crippen LogP contribution < -0.4 is 16.0 Å². The highest BCUT2D eigenvalue weighted by Crippen LogP contribution is 2.20. The lowest BCUT2D eigenvalue weighted by Crippen LogP contribution is -2.13. The van der Waals surface area contributed by atoms with Gasteiger partial charge in [-0.2, -0.15) is 0 Å². The minimum absolute atomic E-state index is 0.632. The number of nitrogens with zero attached hydrogens (tertiary/aromatic N) is 2. The van der Waals surface area contributed by atoms with Crippen LogP contribution in [-0.4, -0.2) is 57.6 Å². The lowest BCUT2D eigenvalue weighted by atomic mass is 10.2. The topological polar surface area (TPSA) is 87.5 Å². The quantitative estimate of drug-likeness (QED) is 0.332. The van der Waals surface area contributed by atoms with Crippen LogP contribution in [0.2, 0.25) is 0 Å². The molecule has 0 bridgehead atoms. The molecule has 28 heavy (non-hydrogen) atoms. The van der Waals surface area contributed by atoms with Crippen LogP contribution in [0.4, 0.5) is 0 Å². The molecule has 3 N–H and O–H groups in total. The molecule has 1 aromatic carbocycles. The number of aliphatic imine (C=N–C) groups is 1. The Morgan fingerprint density at radius 1 is 1.18 bits per heavy atom. The maximum absolute atomic E-state index is 11.1.